The Morgan fingerprint density at radius 1 is 1.15 bits per heavy atom. The molecule has 0 saturated heterocycles. The van der Waals surface area contributed by atoms with Gasteiger partial charge in [0.1, 0.15) is 17.3 Å². The van der Waals surface area contributed by atoms with Gasteiger partial charge in [0.05, 0.1) is 0 Å². The predicted molar refractivity (Wildman–Crippen MR) is 96.8 cm³/mol. The standard InChI is InChI=1S/C19H18FN3O3S/c1-19(2)17(12-6-7-16(22-10-12)27(21,24)25)18(19)15-9-14(23-26-15)11-4-3-5-13(20)8-11/h3-10,17-18H,1-2H3,(H2,21,24,25)/t17-,18-/m0/s1. The van der Waals surface area contributed by atoms with E-state index in [0.717, 1.165) is 5.56 Å². The monoisotopic (exact) mass is 387 g/mol. The van der Waals surface area contributed by atoms with Crippen LogP contribution >= 0.6 is 0 Å². The molecule has 4 rings (SSSR count). The molecule has 3 aromatic rings. The number of benzene rings is 1. The highest BCUT2D eigenvalue weighted by atomic mass is 32.2. The zero-order chi connectivity index (χ0) is 19.4. The van der Waals surface area contributed by atoms with E-state index in [0.29, 0.717) is 17.0 Å². The van der Waals surface area contributed by atoms with Crippen molar-refractivity contribution in [2.75, 3.05) is 0 Å². The number of aromatic nitrogens is 2. The van der Waals surface area contributed by atoms with Crippen LogP contribution in [0, 0.1) is 11.2 Å². The minimum atomic E-state index is -3.82. The fourth-order valence-corrected chi connectivity index (χ4v) is 4.21. The Bertz CT molecular complexity index is 1110. The summed E-state index contributed by atoms with van der Waals surface area (Å²) in [5.74, 6) is 0.546. The van der Waals surface area contributed by atoms with Gasteiger partial charge in [0.15, 0.2) is 5.03 Å². The maximum Gasteiger partial charge on any atom is 0.255 e. The molecule has 0 bridgehead atoms. The maximum absolute atomic E-state index is 13.4. The van der Waals surface area contributed by atoms with Crippen molar-refractivity contribution in [2.45, 2.75) is 30.7 Å². The van der Waals surface area contributed by atoms with Gasteiger partial charge in [-0.15, -0.1) is 0 Å². The van der Waals surface area contributed by atoms with Crippen molar-refractivity contribution in [1.29, 1.82) is 0 Å². The summed E-state index contributed by atoms with van der Waals surface area (Å²) in [6.45, 7) is 4.20. The van der Waals surface area contributed by atoms with E-state index in [4.69, 9.17) is 9.66 Å². The second-order valence-electron chi connectivity index (χ2n) is 7.38. The molecule has 140 valence electrons. The average Bonchev–Trinajstić information content (AvgIpc) is 2.94. The highest BCUT2D eigenvalue weighted by Gasteiger charge is 2.61. The summed E-state index contributed by atoms with van der Waals surface area (Å²) in [5, 5.41) is 9.02. The van der Waals surface area contributed by atoms with Crippen LogP contribution in [0.4, 0.5) is 4.39 Å². The first-order chi connectivity index (χ1) is 12.7. The smallest absolute Gasteiger partial charge is 0.255 e. The van der Waals surface area contributed by atoms with Gasteiger partial charge in [-0.05, 0) is 29.2 Å². The third-order valence-corrected chi connectivity index (χ3v) is 6.02. The molecule has 2 heterocycles. The van der Waals surface area contributed by atoms with Crippen molar-refractivity contribution in [1.82, 2.24) is 10.1 Å². The van der Waals surface area contributed by atoms with Crippen LogP contribution in [0.15, 0.2) is 58.2 Å². The van der Waals surface area contributed by atoms with E-state index < -0.39 is 10.0 Å². The highest BCUT2D eigenvalue weighted by molar-refractivity contribution is 7.89. The van der Waals surface area contributed by atoms with Crippen LogP contribution < -0.4 is 5.14 Å². The van der Waals surface area contributed by atoms with Crippen molar-refractivity contribution in [2.24, 2.45) is 10.6 Å². The lowest BCUT2D eigenvalue weighted by Crippen LogP contribution is -2.13. The van der Waals surface area contributed by atoms with E-state index in [1.165, 1.54) is 24.4 Å². The van der Waals surface area contributed by atoms with E-state index in [2.05, 4.69) is 24.0 Å². The lowest BCUT2D eigenvalue weighted by molar-refractivity contribution is 0.375. The van der Waals surface area contributed by atoms with Gasteiger partial charge in [-0.2, -0.15) is 0 Å². The largest absolute Gasteiger partial charge is 0.360 e. The maximum atomic E-state index is 13.4. The molecule has 0 spiro atoms. The Hall–Kier alpha value is -2.58. The van der Waals surface area contributed by atoms with Gasteiger partial charge in [0, 0.05) is 29.7 Å². The highest BCUT2D eigenvalue weighted by Crippen LogP contribution is 2.69. The molecule has 2 aromatic heterocycles. The summed E-state index contributed by atoms with van der Waals surface area (Å²) in [6, 6.07) is 11.2. The lowest BCUT2D eigenvalue weighted by Gasteiger charge is -2.03. The molecule has 1 aromatic carbocycles. The van der Waals surface area contributed by atoms with Crippen molar-refractivity contribution in [3.05, 3.63) is 65.8 Å². The van der Waals surface area contributed by atoms with E-state index in [1.54, 1.807) is 18.2 Å². The summed E-state index contributed by atoms with van der Waals surface area (Å²) >= 11 is 0. The molecule has 2 atom stereocenters. The Kier molecular flexibility index (Phi) is 3.94. The second kappa shape index (κ2) is 5.97. The molecular formula is C19H18FN3O3S. The molecule has 1 aliphatic rings. The third-order valence-electron chi connectivity index (χ3n) is 5.19. The molecule has 1 fully saturated rings. The quantitative estimate of drug-likeness (QED) is 0.739. The van der Waals surface area contributed by atoms with Crippen LogP contribution in [0.1, 0.15) is 37.0 Å². The van der Waals surface area contributed by atoms with E-state index in [1.807, 2.05) is 6.07 Å². The number of nitrogens with two attached hydrogens (primary N) is 1. The van der Waals surface area contributed by atoms with Crippen molar-refractivity contribution in [3.8, 4) is 11.3 Å². The number of sulfonamides is 1. The SMILES string of the molecule is CC1(C)[C@@H](c2ccc(S(N)(=O)=O)nc2)[C@@H]1c1cc(-c2cccc(F)c2)no1. The van der Waals surface area contributed by atoms with Crippen molar-refractivity contribution >= 4 is 10.0 Å². The van der Waals surface area contributed by atoms with Crippen LogP contribution in [0.25, 0.3) is 11.3 Å². The molecule has 6 nitrogen and oxygen atoms in total. The molecular weight excluding hydrogens is 369 g/mol. The molecule has 0 radical (unpaired) electrons. The van der Waals surface area contributed by atoms with Crippen LogP contribution in [-0.2, 0) is 10.0 Å². The van der Waals surface area contributed by atoms with E-state index in [-0.39, 0.29) is 28.1 Å². The number of rotatable bonds is 4. The van der Waals surface area contributed by atoms with Gasteiger partial charge in [0.2, 0.25) is 0 Å². The van der Waals surface area contributed by atoms with Gasteiger partial charge in [-0.1, -0.05) is 37.2 Å². The topological polar surface area (TPSA) is 99.1 Å². The van der Waals surface area contributed by atoms with Crippen LogP contribution in [0.3, 0.4) is 0 Å². The molecule has 27 heavy (non-hydrogen) atoms. The summed E-state index contributed by atoms with van der Waals surface area (Å²) in [6.07, 6.45) is 1.54. The first-order valence-electron chi connectivity index (χ1n) is 8.39. The minimum Gasteiger partial charge on any atom is -0.360 e. The summed E-state index contributed by atoms with van der Waals surface area (Å²) in [4.78, 5) is 3.97. The number of halogens is 1. The van der Waals surface area contributed by atoms with Crippen LogP contribution in [0.2, 0.25) is 0 Å². The molecule has 2 N–H and O–H groups in total. The van der Waals surface area contributed by atoms with Gasteiger partial charge in [-0.3, -0.25) is 0 Å². The molecule has 0 amide bonds. The molecule has 0 aliphatic heterocycles. The summed E-state index contributed by atoms with van der Waals surface area (Å²) in [7, 11) is -3.82. The number of nitrogens with zero attached hydrogens (tertiary/aromatic N) is 2. The Labute approximate surface area is 156 Å². The normalized spacial score (nSPS) is 21.2. The van der Waals surface area contributed by atoms with E-state index in [9.17, 15) is 12.8 Å². The average molecular weight is 387 g/mol. The molecule has 1 saturated carbocycles. The van der Waals surface area contributed by atoms with Gasteiger partial charge < -0.3 is 4.52 Å². The molecule has 0 unspecified atom stereocenters. The van der Waals surface area contributed by atoms with Gasteiger partial charge >= 0.3 is 0 Å². The predicted octanol–water partition coefficient (Wildman–Crippen LogP) is 3.43. The zero-order valence-corrected chi connectivity index (χ0v) is 15.6. The van der Waals surface area contributed by atoms with Crippen molar-refractivity contribution in [3.63, 3.8) is 0 Å². The first kappa shape index (κ1) is 17.8. The first-order valence-corrected chi connectivity index (χ1v) is 9.94. The number of hydrogen-bond acceptors (Lipinski definition) is 5. The lowest BCUT2D eigenvalue weighted by atomic mass is 10.0. The van der Waals surface area contributed by atoms with Crippen LogP contribution in [-0.4, -0.2) is 18.6 Å². The van der Waals surface area contributed by atoms with Crippen LogP contribution in [0.5, 0.6) is 0 Å². The molecule has 8 heteroatoms. The van der Waals surface area contributed by atoms with E-state index >= 15 is 0 Å². The third kappa shape index (κ3) is 3.15. The summed E-state index contributed by atoms with van der Waals surface area (Å²) in [5.41, 5.74) is 2.03. The fraction of sp³-hybridized carbons (Fsp3) is 0.263. The van der Waals surface area contributed by atoms with Crippen molar-refractivity contribution < 1.29 is 17.3 Å². The fourth-order valence-electron chi connectivity index (χ4n) is 3.75. The molecule has 1 aliphatic carbocycles. The Balaban J connectivity index is 1.62. The Morgan fingerprint density at radius 2 is 1.93 bits per heavy atom. The Morgan fingerprint density at radius 3 is 2.56 bits per heavy atom. The number of pyridine rings is 1. The second-order valence-corrected chi connectivity index (χ2v) is 8.88. The van der Waals surface area contributed by atoms with Gasteiger partial charge in [0.25, 0.3) is 10.0 Å². The number of primary sulfonamides is 1. The summed E-state index contributed by atoms with van der Waals surface area (Å²) < 4.78 is 41.7. The zero-order valence-electron chi connectivity index (χ0n) is 14.8. The number of hydrogen-bond donors (Lipinski definition) is 1. The minimum absolute atomic E-state index is 0.0643. The van der Waals surface area contributed by atoms with Gasteiger partial charge in [-0.25, -0.2) is 22.9 Å².